The summed E-state index contributed by atoms with van der Waals surface area (Å²) in [7, 11) is 0. The van der Waals surface area contributed by atoms with Crippen LogP contribution in [0.15, 0.2) is 24.3 Å². The van der Waals surface area contributed by atoms with Gasteiger partial charge >= 0.3 is 6.09 Å². The summed E-state index contributed by atoms with van der Waals surface area (Å²) >= 11 is 0. The summed E-state index contributed by atoms with van der Waals surface area (Å²) in [6, 6.07) is 7.10. The second-order valence-corrected chi connectivity index (χ2v) is 6.01. The van der Waals surface area contributed by atoms with Gasteiger partial charge in [0.2, 0.25) is 0 Å². The predicted molar refractivity (Wildman–Crippen MR) is 77.4 cm³/mol. The summed E-state index contributed by atoms with van der Waals surface area (Å²) in [5.74, 6) is 0.402. The van der Waals surface area contributed by atoms with Crippen molar-refractivity contribution in [3.05, 3.63) is 35.6 Å². The molecule has 2 aliphatic rings. The Hall–Kier alpha value is -1.62. The Morgan fingerprint density at radius 1 is 1.38 bits per heavy atom. The molecule has 2 saturated heterocycles. The van der Waals surface area contributed by atoms with E-state index in [0.717, 1.165) is 25.1 Å². The number of halogens is 1. The second-order valence-electron chi connectivity index (χ2n) is 6.01. The first-order valence-electron chi connectivity index (χ1n) is 7.54. The smallest absolute Gasteiger partial charge is 0.409 e. The number of hydrogen-bond acceptors (Lipinski definition) is 3. The van der Waals surface area contributed by atoms with Crippen LogP contribution in [0.1, 0.15) is 24.9 Å². The van der Waals surface area contributed by atoms with Gasteiger partial charge in [0.05, 0.1) is 6.54 Å². The number of rotatable bonds is 4. The average Bonchev–Trinajstić information content (AvgIpc) is 3.02. The van der Waals surface area contributed by atoms with Crippen LogP contribution in [0.2, 0.25) is 0 Å². The number of likely N-dealkylation sites (tertiary alicyclic amines) is 1. The van der Waals surface area contributed by atoms with Crippen LogP contribution >= 0.6 is 0 Å². The zero-order valence-corrected chi connectivity index (χ0v) is 12.3. The Morgan fingerprint density at radius 2 is 2.24 bits per heavy atom. The third-order valence-corrected chi connectivity index (χ3v) is 4.35. The lowest BCUT2D eigenvalue weighted by Gasteiger charge is -2.26. The highest BCUT2D eigenvalue weighted by atomic mass is 19.1. The highest BCUT2D eigenvalue weighted by Gasteiger charge is 2.32. The molecule has 2 atom stereocenters. The first kappa shape index (κ1) is 14.3. The SMILES string of the molecule is C[C@H]1C[C@@H](c2cccc(F)c2)N(CCN2CCOC2=O)C1. The third-order valence-electron chi connectivity index (χ3n) is 4.35. The molecule has 0 spiro atoms. The van der Waals surface area contributed by atoms with E-state index in [1.807, 2.05) is 6.07 Å². The van der Waals surface area contributed by atoms with E-state index in [0.29, 0.717) is 25.6 Å². The molecule has 2 heterocycles. The summed E-state index contributed by atoms with van der Waals surface area (Å²) < 4.78 is 18.4. The Labute approximate surface area is 124 Å². The monoisotopic (exact) mass is 292 g/mol. The van der Waals surface area contributed by atoms with Crippen molar-refractivity contribution in [2.24, 2.45) is 5.92 Å². The normalized spacial score (nSPS) is 26.4. The van der Waals surface area contributed by atoms with E-state index in [2.05, 4.69) is 11.8 Å². The number of nitrogens with zero attached hydrogens (tertiary/aromatic N) is 2. The van der Waals surface area contributed by atoms with Gasteiger partial charge in [0.25, 0.3) is 0 Å². The van der Waals surface area contributed by atoms with Crippen LogP contribution in [-0.4, -0.2) is 48.7 Å². The van der Waals surface area contributed by atoms with Crippen molar-refractivity contribution in [2.45, 2.75) is 19.4 Å². The quantitative estimate of drug-likeness (QED) is 0.855. The molecule has 0 unspecified atom stereocenters. The number of carbonyl (C=O) groups is 1. The zero-order valence-electron chi connectivity index (χ0n) is 12.3. The van der Waals surface area contributed by atoms with Crippen LogP contribution in [0.3, 0.4) is 0 Å². The molecule has 0 bridgehead atoms. The second kappa shape index (κ2) is 6.02. The fraction of sp³-hybridized carbons (Fsp3) is 0.562. The van der Waals surface area contributed by atoms with Crippen molar-refractivity contribution < 1.29 is 13.9 Å². The maximum absolute atomic E-state index is 13.4. The van der Waals surface area contributed by atoms with Gasteiger partial charge in [-0.2, -0.15) is 0 Å². The molecule has 0 N–H and O–H groups in total. The lowest BCUT2D eigenvalue weighted by Crippen LogP contribution is -2.35. The molecular formula is C16H21FN2O2. The van der Waals surface area contributed by atoms with E-state index in [-0.39, 0.29) is 18.0 Å². The Kier molecular flexibility index (Phi) is 4.10. The molecule has 1 aromatic rings. The van der Waals surface area contributed by atoms with Crippen LogP contribution in [0, 0.1) is 11.7 Å². The maximum atomic E-state index is 13.4. The molecule has 21 heavy (non-hydrogen) atoms. The van der Waals surface area contributed by atoms with Gasteiger partial charge in [0.15, 0.2) is 0 Å². The number of hydrogen-bond donors (Lipinski definition) is 0. The first-order chi connectivity index (χ1) is 10.1. The van der Waals surface area contributed by atoms with Crippen molar-refractivity contribution in [1.82, 2.24) is 9.80 Å². The van der Waals surface area contributed by atoms with Gasteiger partial charge in [-0.15, -0.1) is 0 Å². The lowest BCUT2D eigenvalue weighted by atomic mass is 10.0. The molecule has 2 aliphatic heterocycles. The molecule has 0 saturated carbocycles. The standard InChI is InChI=1S/C16H21FN2O2/c1-12-9-15(13-3-2-4-14(17)10-13)19(11-12)6-5-18-7-8-21-16(18)20/h2-4,10,12,15H,5-9,11H2,1H3/t12-,15-/m0/s1. The molecule has 0 aromatic heterocycles. The lowest BCUT2D eigenvalue weighted by molar-refractivity contribution is 0.152. The van der Waals surface area contributed by atoms with E-state index in [1.54, 1.807) is 17.0 Å². The molecule has 3 rings (SSSR count). The van der Waals surface area contributed by atoms with Gasteiger partial charge in [-0.05, 0) is 30.0 Å². The molecule has 1 aromatic carbocycles. The number of cyclic esters (lactones) is 1. The predicted octanol–water partition coefficient (Wildman–Crippen LogP) is 2.66. The fourth-order valence-electron chi connectivity index (χ4n) is 3.32. The van der Waals surface area contributed by atoms with E-state index in [4.69, 9.17) is 4.74 Å². The van der Waals surface area contributed by atoms with E-state index in [1.165, 1.54) is 6.07 Å². The minimum atomic E-state index is -0.218. The molecule has 0 aliphatic carbocycles. The van der Waals surface area contributed by atoms with Crippen LogP contribution in [-0.2, 0) is 4.74 Å². The zero-order chi connectivity index (χ0) is 14.8. The van der Waals surface area contributed by atoms with Crippen LogP contribution in [0.25, 0.3) is 0 Å². The van der Waals surface area contributed by atoms with Crippen molar-refractivity contribution in [3.63, 3.8) is 0 Å². The highest BCUT2D eigenvalue weighted by Crippen LogP contribution is 2.35. The van der Waals surface area contributed by atoms with Gasteiger partial charge in [-0.1, -0.05) is 19.1 Å². The highest BCUT2D eigenvalue weighted by molar-refractivity contribution is 5.69. The summed E-state index contributed by atoms with van der Waals surface area (Å²) in [4.78, 5) is 15.6. The van der Waals surface area contributed by atoms with E-state index < -0.39 is 0 Å². The Bertz CT molecular complexity index is 523. The minimum absolute atomic E-state index is 0.185. The fourth-order valence-corrected chi connectivity index (χ4v) is 3.32. The summed E-state index contributed by atoms with van der Waals surface area (Å²) in [5.41, 5.74) is 1.03. The van der Waals surface area contributed by atoms with E-state index in [9.17, 15) is 9.18 Å². The molecule has 5 heteroatoms. The van der Waals surface area contributed by atoms with Gasteiger partial charge in [-0.3, -0.25) is 4.90 Å². The van der Waals surface area contributed by atoms with Gasteiger partial charge in [0, 0.05) is 25.7 Å². The average molecular weight is 292 g/mol. The number of ether oxygens (including phenoxy) is 1. The van der Waals surface area contributed by atoms with Crippen LogP contribution in [0.5, 0.6) is 0 Å². The molecule has 2 fully saturated rings. The molecular weight excluding hydrogens is 271 g/mol. The summed E-state index contributed by atoms with van der Waals surface area (Å²) in [5, 5.41) is 0. The van der Waals surface area contributed by atoms with Crippen molar-refractivity contribution in [2.75, 3.05) is 32.8 Å². The van der Waals surface area contributed by atoms with Gasteiger partial charge in [-0.25, -0.2) is 9.18 Å². The van der Waals surface area contributed by atoms with Crippen LogP contribution < -0.4 is 0 Å². The summed E-state index contributed by atoms with van der Waals surface area (Å²) in [6.45, 7) is 5.86. The molecule has 114 valence electrons. The topological polar surface area (TPSA) is 32.8 Å². The van der Waals surface area contributed by atoms with Gasteiger partial charge in [0.1, 0.15) is 12.4 Å². The maximum Gasteiger partial charge on any atom is 0.409 e. The van der Waals surface area contributed by atoms with E-state index >= 15 is 0 Å². The third kappa shape index (κ3) is 3.18. The largest absolute Gasteiger partial charge is 0.448 e. The van der Waals surface area contributed by atoms with Gasteiger partial charge < -0.3 is 9.64 Å². The van der Waals surface area contributed by atoms with Crippen molar-refractivity contribution in [3.8, 4) is 0 Å². The first-order valence-corrected chi connectivity index (χ1v) is 7.54. The molecule has 1 amide bonds. The summed E-state index contributed by atoms with van der Waals surface area (Å²) in [6.07, 6.45) is 0.818. The molecule has 4 nitrogen and oxygen atoms in total. The van der Waals surface area contributed by atoms with Crippen molar-refractivity contribution in [1.29, 1.82) is 0 Å². The van der Waals surface area contributed by atoms with Crippen LogP contribution in [0.4, 0.5) is 9.18 Å². The number of amides is 1. The van der Waals surface area contributed by atoms with Crippen molar-refractivity contribution >= 4 is 6.09 Å². The Balaban J connectivity index is 1.66. The molecule has 0 radical (unpaired) electrons. The number of benzene rings is 1. The minimum Gasteiger partial charge on any atom is -0.448 e. The number of carbonyl (C=O) groups excluding carboxylic acids is 1. The Morgan fingerprint density at radius 3 is 2.95 bits per heavy atom.